The molecule has 3 fully saturated rings. The topological polar surface area (TPSA) is 9.23 Å². The maximum Gasteiger partial charge on any atom is 0.416 e. The van der Waals surface area contributed by atoms with E-state index in [1.165, 1.54) is 77.0 Å². The van der Waals surface area contributed by atoms with Crippen LogP contribution < -0.4 is 4.74 Å². The highest BCUT2D eigenvalue weighted by atomic mass is 19.4. The fourth-order valence-corrected chi connectivity index (χ4v) is 8.60. The van der Waals surface area contributed by atoms with Gasteiger partial charge in [-0.3, -0.25) is 0 Å². The first-order chi connectivity index (χ1) is 21.4. The molecule has 0 spiro atoms. The molecule has 2 aromatic carbocycles. The molecule has 3 aliphatic carbocycles. The maximum atomic E-state index is 15.2. The van der Waals surface area contributed by atoms with Crippen LogP contribution in [0.15, 0.2) is 36.4 Å². The predicted molar refractivity (Wildman–Crippen MR) is 163 cm³/mol. The number of benzene rings is 2. The van der Waals surface area contributed by atoms with Gasteiger partial charge in [0.1, 0.15) is 17.4 Å². The second-order valence-electron chi connectivity index (χ2n) is 14.1. The highest BCUT2D eigenvalue weighted by molar-refractivity contribution is 5.66. The second kappa shape index (κ2) is 14.7. The van der Waals surface area contributed by atoms with Gasteiger partial charge in [-0.15, -0.1) is 0 Å². The molecule has 0 N–H and O–H groups in total. The zero-order valence-corrected chi connectivity index (χ0v) is 26.3. The van der Waals surface area contributed by atoms with Crippen LogP contribution in [-0.2, 0) is 6.18 Å². The summed E-state index contributed by atoms with van der Waals surface area (Å²) in [7, 11) is 0. The minimum atomic E-state index is -4.59. The number of alkyl halides is 5. The summed E-state index contributed by atoms with van der Waals surface area (Å²) < 4.78 is 104. The van der Waals surface area contributed by atoms with Gasteiger partial charge in [0.25, 0.3) is 0 Å². The van der Waals surface area contributed by atoms with E-state index in [0.717, 1.165) is 42.0 Å². The molecule has 0 heterocycles. The first-order valence-corrected chi connectivity index (χ1v) is 17.2. The first-order valence-electron chi connectivity index (χ1n) is 17.2. The minimum absolute atomic E-state index is 0.131. The van der Waals surface area contributed by atoms with Crippen LogP contribution in [0.3, 0.4) is 0 Å². The number of unbranched alkanes of at least 4 members (excludes halogenated alkanes) is 2. The zero-order chi connectivity index (χ0) is 32.2. The highest BCUT2D eigenvalue weighted by Crippen LogP contribution is 2.48. The minimum Gasteiger partial charge on any atom is -0.432 e. The summed E-state index contributed by atoms with van der Waals surface area (Å²) in [4.78, 5) is 0. The van der Waals surface area contributed by atoms with Crippen LogP contribution in [0.1, 0.15) is 115 Å². The summed E-state index contributed by atoms with van der Waals surface area (Å²) in [6.45, 7) is 2.26. The Balaban J connectivity index is 1.09. The number of ether oxygens (including phenoxy) is 1. The van der Waals surface area contributed by atoms with E-state index < -0.39 is 46.7 Å². The molecule has 0 bridgehead atoms. The Morgan fingerprint density at radius 1 is 0.644 bits per heavy atom. The predicted octanol–water partition coefficient (Wildman–Crippen LogP) is 12.6. The monoisotopic (exact) mass is 640 g/mol. The van der Waals surface area contributed by atoms with E-state index >= 15 is 8.78 Å². The summed E-state index contributed by atoms with van der Waals surface area (Å²) in [5, 5.41) is 0. The summed E-state index contributed by atoms with van der Waals surface area (Å²) in [5.74, 6) is -0.420. The van der Waals surface area contributed by atoms with Gasteiger partial charge < -0.3 is 4.74 Å². The Kier molecular flexibility index (Phi) is 11.1. The molecule has 2 aromatic rings. The zero-order valence-electron chi connectivity index (χ0n) is 26.3. The average Bonchev–Trinajstić information content (AvgIpc) is 3.01. The lowest BCUT2D eigenvalue weighted by molar-refractivity contribution is -0.224. The van der Waals surface area contributed by atoms with Gasteiger partial charge in [-0.2, -0.15) is 22.0 Å². The van der Waals surface area contributed by atoms with Gasteiger partial charge >= 0.3 is 12.3 Å². The van der Waals surface area contributed by atoms with Crippen molar-refractivity contribution in [3.63, 3.8) is 0 Å². The molecule has 3 aliphatic rings. The molecule has 1 nitrogen and oxygen atoms in total. The molecular weight excluding hydrogens is 593 g/mol. The molecule has 5 rings (SSSR count). The normalized spacial score (nSPS) is 28.2. The van der Waals surface area contributed by atoms with E-state index in [2.05, 4.69) is 6.92 Å². The van der Waals surface area contributed by atoms with Crippen LogP contribution in [0.25, 0.3) is 11.1 Å². The molecule has 0 unspecified atom stereocenters. The summed E-state index contributed by atoms with van der Waals surface area (Å²) in [6.07, 6.45) is 9.64. The number of hydrogen-bond donors (Lipinski definition) is 0. The third kappa shape index (κ3) is 8.57. The van der Waals surface area contributed by atoms with Gasteiger partial charge in [0.05, 0.1) is 17.0 Å². The van der Waals surface area contributed by atoms with Crippen LogP contribution >= 0.6 is 0 Å². The highest BCUT2D eigenvalue weighted by Gasteiger charge is 2.45. The van der Waals surface area contributed by atoms with E-state index in [9.17, 15) is 22.0 Å². The van der Waals surface area contributed by atoms with Crippen molar-refractivity contribution in [2.24, 2.45) is 35.5 Å². The standard InChI is InChI=1S/C37H47F7O/c1-2-3-4-5-24-6-8-25(9-7-24)26-10-12-27(13-11-26)28-14-20-31(21-15-28)37(43,44)45-32-22-33(38)35(34(39)23-32)29-16-18-30(19-17-29)36(40,41)42/h16-19,22-28,31H,2-15,20-21H2,1H3. The van der Waals surface area contributed by atoms with Crippen molar-refractivity contribution in [1.29, 1.82) is 0 Å². The van der Waals surface area contributed by atoms with Crippen molar-refractivity contribution in [3.8, 4) is 16.9 Å². The first kappa shape index (κ1) is 34.1. The third-order valence-electron chi connectivity index (χ3n) is 11.3. The summed E-state index contributed by atoms with van der Waals surface area (Å²) in [6, 6.07) is 4.68. The molecule has 3 saturated carbocycles. The number of rotatable bonds is 10. The van der Waals surface area contributed by atoms with Crippen molar-refractivity contribution in [2.45, 2.75) is 122 Å². The molecule has 250 valence electrons. The lowest BCUT2D eigenvalue weighted by atomic mass is 9.65. The second-order valence-corrected chi connectivity index (χ2v) is 14.1. The fourth-order valence-electron chi connectivity index (χ4n) is 8.60. The van der Waals surface area contributed by atoms with Crippen molar-refractivity contribution >= 4 is 0 Å². The van der Waals surface area contributed by atoms with Crippen LogP contribution in [0.5, 0.6) is 5.75 Å². The van der Waals surface area contributed by atoms with Crippen LogP contribution in [0, 0.1) is 47.1 Å². The number of halogens is 7. The molecule has 0 radical (unpaired) electrons. The van der Waals surface area contributed by atoms with Gasteiger partial charge in [-0.25, -0.2) is 8.78 Å². The van der Waals surface area contributed by atoms with Crippen LogP contribution in [0.4, 0.5) is 30.7 Å². The smallest absolute Gasteiger partial charge is 0.416 e. The average molecular weight is 641 g/mol. The Labute approximate surface area is 263 Å². The third-order valence-corrected chi connectivity index (χ3v) is 11.3. The van der Waals surface area contributed by atoms with E-state index in [0.29, 0.717) is 49.7 Å². The van der Waals surface area contributed by atoms with Crippen molar-refractivity contribution in [3.05, 3.63) is 53.6 Å². The molecule has 0 amide bonds. The Morgan fingerprint density at radius 2 is 1.11 bits per heavy atom. The largest absolute Gasteiger partial charge is 0.432 e. The van der Waals surface area contributed by atoms with Crippen LogP contribution in [0.2, 0.25) is 0 Å². The van der Waals surface area contributed by atoms with Gasteiger partial charge in [-0.1, -0.05) is 57.6 Å². The van der Waals surface area contributed by atoms with Gasteiger partial charge in [0.2, 0.25) is 0 Å². The Hall–Kier alpha value is -2.25. The van der Waals surface area contributed by atoms with E-state index in [4.69, 9.17) is 4.74 Å². The summed E-state index contributed by atoms with van der Waals surface area (Å²) in [5.41, 5.74) is -1.68. The van der Waals surface area contributed by atoms with Gasteiger partial charge in [0, 0.05) is 12.1 Å². The van der Waals surface area contributed by atoms with E-state index in [1.54, 1.807) is 0 Å². The van der Waals surface area contributed by atoms with Gasteiger partial charge in [0.15, 0.2) is 0 Å². The molecule has 0 saturated heterocycles. The molecular formula is C37H47F7O. The lowest BCUT2D eigenvalue weighted by Gasteiger charge is -2.42. The fraction of sp³-hybridized carbons (Fsp3) is 0.676. The lowest BCUT2D eigenvalue weighted by Crippen LogP contribution is -2.38. The quantitative estimate of drug-likeness (QED) is 0.185. The summed E-state index contributed by atoms with van der Waals surface area (Å²) >= 11 is 0. The Morgan fingerprint density at radius 3 is 1.58 bits per heavy atom. The van der Waals surface area contributed by atoms with Gasteiger partial charge in [-0.05, 0) is 111 Å². The van der Waals surface area contributed by atoms with Crippen LogP contribution in [-0.4, -0.2) is 6.11 Å². The van der Waals surface area contributed by atoms with Crippen molar-refractivity contribution in [1.82, 2.24) is 0 Å². The molecule has 45 heavy (non-hydrogen) atoms. The molecule has 0 aliphatic heterocycles. The van der Waals surface area contributed by atoms with Crippen molar-refractivity contribution in [2.75, 3.05) is 0 Å². The Bertz CT molecular complexity index is 1190. The molecule has 8 heteroatoms. The number of hydrogen-bond acceptors (Lipinski definition) is 1. The molecule has 0 atom stereocenters. The maximum absolute atomic E-state index is 15.2. The SMILES string of the molecule is CCCCCC1CCC(C2CCC(C3CCC(C(F)(F)Oc4cc(F)c(-c5ccc(C(F)(F)F)cc5)c(F)c4)CC3)CC2)CC1. The molecule has 0 aromatic heterocycles. The van der Waals surface area contributed by atoms with E-state index in [1.807, 2.05) is 0 Å². The van der Waals surface area contributed by atoms with Crippen molar-refractivity contribution < 1.29 is 35.5 Å². The van der Waals surface area contributed by atoms with E-state index in [-0.39, 0.29) is 5.56 Å².